The van der Waals surface area contributed by atoms with Crippen molar-refractivity contribution in [1.29, 1.82) is 0 Å². The Hall–Kier alpha value is -6.38. The molecule has 1 aliphatic rings. The Morgan fingerprint density at radius 1 is 0.412 bits per heavy atom. The summed E-state index contributed by atoms with van der Waals surface area (Å²) in [6.45, 7) is 4.75. The standard InChI is InChI=1S/C49H38N2/c1-49(2)44-26-14-15-27-45(44)51(46-28-16-25-41(47(46)49)35-17-6-3-7-18-35)48-42-24-13-12-19-36(42)31-34-43(48)37-29-32-40(33-30-37)50(38-20-8-4-9-21-38)39-22-10-5-11-23-39/h3-34H,1-2H3. The number of rotatable bonds is 6. The predicted molar refractivity (Wildman–Crippen MR) is 216 cm³/mol. The van der Waals surface area contributed by atoms with Gasteiger partial charge in [0.15, 0.2) is 0 Å². The molecule has 0 spiro atoms. The maximum Gasteiger partial charge on any atom is 0.0618 e. The van der Waals surface area contributed by atoms with Gasteiger partial charge in [0.1, 0.15) is 0 Å². The highest BCUT2D eigenvalue weighted by Gasteiger charge is 2.39. The van der Waals surface area contributed by atoms with Crippen LogP contribution in [0.25, 0.3) is 33.0 Å². The van der Waals surface area contributed by atoms with Gasteiger partial charge >= 0.3 is 0 Å². The van der Waals surface area contributed by atoms with E-state index in [1.165, 1.54) is 61.2 Å². The number of fused-ring (bicyclic) bond motifs is 3. The number of anilines is 6. The van der Waals surface area contributed by atoms with Crippen LogP contribution in [0.5, 0.6) is 0 Å². The van der Waals surface area contributed by atoms with Crippen LogP contribution in [0.2, 0.25) is 0 Å². The average molecular weight is 655 g/mol. The van der Waals surface area contributed by atoms with Crippen molar-refractivity contribution in [3.8, 4) is 22.3 Å². The molecule has 0 aromatic heterocycles. The van der Waals surface area contributed by atoms with Gasteiger partial charge in [-0.3, -0.25) is 0 Å². The van der Waals surface area contributed by atoms with E-state index in [0.29, 0.717) is 0 Å². The molecule has 1 heterocycles. The maximum absolute atomic E-state index is 2.54. The minimum absolute atomic E-state index is 0.223. The molecule has 0 fully saturated rings. The first-order valence-corrected chi connectivity index (χ1v) is 17.7. The first kappa shape index (κ1) is 30.7. The first-order chi connectivity index (χ1) is 25.1. The number of hydrogen-bond donors (Lipinski definition) is 0. The van der Waals surface area contributed by atoms with E-state index in [9.17, 15) is 0 Å². The van der Waals surface area contributed by atoms with E-state index >= 15 is 0 Å². The van der Waals surface area contributed by atoms with Gasteiger partial charge in [-0.1, -0.05) is 159 Å². The van der Waals surface area contributed by atoms with E-state index in [4.69, 9.17) is 0 Å². The summed E-state index contributed by atoms with van der Waals surface area (Å²) in [5.41, 5.74) is 14.3. The summed E-state index contributed by atoms with van der Waals surface area (Å²) in [5, 5.41) is 2.44. The molecule has 0 radical (unpaired) electrons. The summed E-state index contributed by atoms with van der Waals surface area (Å²) in [4.78, 5) is 4.85. The number of para-hydroxylation sites is 3. The second kappa shape index (κ2) is 12.5. The zero-order valence-electron chi connectivity index (χ0n) is 28.9. The van der Waals surface area contributed by atoms with Gasteiger partial charge < -0.3 is 9.80 Å². The lowest BCUT2D eigenvalue weighted by Crippen LogP contribution is -2.31. The highest BCUT2D eigenvalue weighted by Crippen LogP contribution is 2.57. The molecule has 0 unspecified atom stereocenters. The van der Waals surface area contributed by atoms with Crippen molar-refractivity contribution >= 4 is 44.9 Å². The molecule has 0 aliphatic carbocycles. The van der Waals surface area contributed by atoms with Crippen LogP contribution < -0.4 is 9.80 Å². The minimum atomic E-state index is -0.223. The molecule has 0 N–H and O–H groups in total. The first-order valence-electron chi connectivity index (χ1n) is 17.7. The highest BCUT2D eigenvalue weighted by atomic mass is 15.2. The Balaban J connectivity index is 1.27. The van der Waals surface area contributed by atoms with Crippen LogP contribution in [0.1, 0.15) is 25.0 Å². The van der Waals surface area contributed by atoms with Crippen LogP contribution in [0, 0.1) is 0 Å². The van der Waals surface area contributed by atoms with Gasteiger partial charge in [-0.2, -0.15) is 0 Å². The number of nitrogens with zero attached hydrogens (tertiary/aromatic N) is 2. The molecule has 0 saturated carbocycles. The third-order valence-electron chi connectivity index (χ3n) is 10.4. The maximum atomic E-state index is 2.54. The second-order valence-electron chi connectivity index (χ2n) is 13.8. The van der Waals surface area contributed by atoms with Gasteiger partial charge in [-0.15, -0.1) is 0 Å². The molecule has 244 valence electrons. The highest BCUT2D eigenvalue weighted by molar-refractivity contribution is 6.08. The van der Waals surface area contributed by atoms with Crippen LogP contribution >= 0.6 is 0 Å². The minimum Gasteiger partial charge on any atom is -0.311 e. The number of benzene rings is 8. The van der Waals surface area contributed by atoms with Crippen molar-refractivity contribution < 1.29 is 0 Å². The second-order valence-corrected chi connectivity index (χ2v) is 13.8. The summed E-state index contributed by atoms with van der Waals surface area (Å²) >= 11 is 0. The third-order valence-corrected chi connectivity index (χ3v) is 10.4. The van der Waals surface area contributed by atoms with E-state index in [1.54, 1.807) is 0 Å². The summed E-state index contributed by atoms with van der Waals surface area (Å²) in [6.07, 6.45) is 0. The van der Waals surface area contributed by atoms with Crippen molar-refractivity contribution in [2.45, 2.75) is 19.3 Å². The molecule has 2 heteroatoms. The Bertz CT molecular complexity index is 2440. The fourth-order valence-electron chi connectivity index (χ4n) is 8.06. The van der Waals surface area contributed by atoms with Crippen LogP contribution in [0.15, 0.2) is 194 Å². The zero-order valence-corrected chi connectivity index (χ0v) is 28.9. The van der Waals surface area contributed by atoms with Gasteiger partial charge in [0.25, 0.3) is 0 Å². The Labute approximate surface area is 300 Å². The SMILES string of the molecule is CC1(C)c2ccccc2N(c2c(-c3ccc(N(c4ccccc4)c4ccccc4)cc3)ccc3ccccc23)c2cccc(-c3ccccc3)c21. The molecule has 51 heavy (non-hydrogen) atoms. The summed E-state index contributed by atoms with van der Waals surface area (Å²) in [7, 11) is 0. The molecule has 0 atom stereocenters. The lowest BCUT2D eigenvalue weighted by molar-refractivity contribution is 0.634. The lowest BCUT2D eigenvalue weighted by Gasteiger charge is -2.44. The molecule has 0 saturated heterocycles. The van der Waals surface area contributed by atoms with Crippen molar-refractivity contribution in [1.82, 2.24) is 0 Å². The fraction of sp³-hybridized carbons (Fsp3) is 0.0612. The third kappa shape index (κ3) is 5.19. The van der Waals surface area contributed by atoms with E-state index in [2.05, 4.69) is 218 Å². The van der Waals surface area contributed by atoms with Gasteiger partial charge in [0.2, 0.25) is 0 Å². The van der Waals surface area contributed by atoms with E-state index in [1.807, 2.05) is 0 Å². The van der Waals surface area contributed by atoms with Gasteiger partial charge in [-0.25, -0.2) is 0 Å². The molecule has 0 bridgehead atoms. The topological polar surface area (TPSA) is 6.48 Å². The Morgan fingerprint density at radius 3 is 1.67 bits per heavy atom. The van der Waals surface area contributed by atoms with Crippen LogP contribution in [0.3, 0.4) is 0 Å². The Kier molecular flexibility index (Phi) is 7.51. The lowest BCUT2D eigenvalue weighted by atomic mass is 9.70. The van der Waals surface area contributed by atoms with E-state index in [0.717, 1.165) is 17.1 Å². The molecule has 9 rings (SSSR count). The van der Waals surface area contributed by atoms with Crippen LogP contribution in [-0.4, -0.2) is 0 Å². The molecule has 2 nitrogen and oxygen atoms in total. The fourth-order valence-corrected chi connectivity index (χ4v) is 8.06. The quantitative estimate of drug-likeness (QED) is 0.176. The molecule has 1 aliphatic heterocycles. The predicted octanol–water partition coefficient (Wildman–Crippen LogP) is 13.8. The van der Waals surface area contributed by atoms with Gasteiger partial charge in [0.05, 0.1) is 17.1 Å². The summed E-state index contributed by atoms with van der Waals surface area (Å²) in [5.74, 6) is 0. The molecule has 0 amide bonds. The van der Waals surface area contributed by atoms with Crippen molar-refractivity contribution in [3.63, 3.8) is 0 Å². The van der Waals surface area contributed by atoms with Gasteiger partial charge in [0, 0.05) is 33.4 Å². The normalized spacial score (nSPS) is 13.0. The smallest absolute Gasteiger partial charge is 0.0618 e. The summed E-state index contributed by atoms with van der Waals surface area (Å²) < 4.78 is 0. The van der Waals surface area contributed by atoms with Crippen LogP contribution in [-0.2, 0) is 5.41 Å². The van der Waals surface area contributed by atoms with Crippen molar-refractivity contribution in [2.75, 3.05) is 9.80 Å². The molecule has 8 aromatic rings. The number of hydrogen-bond acceptors (Lipinski definition) is 2. The largest absolute Gasteiger partial charge is 0.311 e. The Morgan fingerprint density at radius 2 is 0.961 bits per heavy atom. The molecule has 8 aromatic carbocycles. The monoisotopic (exact) mass is 654 g/mol. The molecular weight excluding hydrogens is 617 g/mol. The van der Waals surface area contributed by atoms with Crippen LogP contribution in [0.4, 0.5) is 34.1 Å². The average Bonchev–Trinajstić information content (AvgIpc) is 3.19. The van der Waals surface area contributed by atoms with E-state index in [-0.39, 0.29) is 5.41 Å². The summed E-state index contributed by atoms with van der Waals surface area (Å²) in [6, 6.07) is 70.3. The van der Waals surface area contributed by atoms with E-state index < -0.39 is 0 Å². The molecular formula is C49H38N2. The van der Waals surface area contributed by atoms with Gasteiger partial charge in [-0.05, 0) is 81.7 Å². The zero-order chi connectivity index (χ0) is 34.4. The van der Waals surface area contributed by atoms with Crippen molar-refractivity contribution in [2.24, 2.45) is 0 Å². The van der Waals surface area contributed by atoms with Crippen molar-refractivity contribution in [3.05, 3.63) is 205 Å².